The summed E-state index contributed by atoms with van der Waals surface area (Å²) in [7, 11) is 2.82. The fourth-order valence-corrected chi connectivity index (χ4v) is 3.86. The minimum absolute atomic E-state index is 0.293. The Balaban J connectivity index is 1.99. The lowest BCUT2D eigenvalue weighted by atomic mass is 9.73. The van der Waals surface area contributed by atoms with E-state index in [2.05, 4.69) is 4.98 Å². The summed E-state index contributed by atoms with van der Waals surface area (Å²) in [4.78, 5) is 30.9. The van der Waals surface area contributed by atoms with Gasteiger partial charge in [0.15, 0.2) is 0 Å². The zero-order valence-electron chi connectivity index (χ0n) is 13.5. The lowest BCUT2D eigenvalue weighted by Crippen LogP contribution is -2.46. The van der Waals surface area contributed by atoms with Gasteiger partial charge in [-0.15, -0.1) is 0 Å². The molecule has 7 heteroatoms. The summed E-state index contributed by atoms with van der Waals surface area (Å²) in [5.41, 5.74) is 1.22. The van der Waals surface area contributed by atoms with Crippen molar-refractivity contribution in [2.24, 2.45) is 0 Å². The van der Waals surface area contributed by atoms with Crippen molar-refractivity contribution in [3.8, 4) is 5.75 Å². The van der Waals surface area contributed by atoms with E-state index in [1.807, 2.05) is 16.7 Å². The van der Waals surface area contributed by atoms with Crippen molar-refractivity contribution in [1.29, 1.82) is 0 Å². The summed E-state index contributed by atoms with van der Waals surface area (Å²) in [5, 5.41) is 0. The van der Waals surface area contributed by atoms with Gasteiger partial charge in [0.25, 0.3) is 5.91 Å². The number of amides is 2. The average molecular weight is 327 g/mol. The monoisotopic (exact) mass is 327 g/mol. The molecule has 1 aromatic heterocycles. The molecule has 2 aliphatic rings. The largest absolute Gasteiger partial charge is 0.497 e. The Bertz CT molecular complexity index is 844. The summed E-state index contributed by atoms with van der Waals surface area (Å²) in [6, 6.07) is 5.37. The van der Waals surface area contributed by atoms with Gasteiger partial charge in [-0.3, -0.25) is 4.79 Å². The first kappa shape index (κ1) is 14.7. The van der Waals surface area contributed by atoms with Crippen molar-refractivity contribution >= 4 is 17.7 Å². The van der Waals surface area contributed by atoms with Gasteiger partial charge in [-0.05, 0) is 24.5 Å². The molecule has 0 N–H and O–H groups in total. The predicted molar refractivity (Wildman–Crippen MR) is 85.1 cm³/mol. The number of carbonyl (C=O) groups excluding carboxylic acids is 2. The lowest BCUT2D eigenvalue weighted by molar-refractivity contribution is -0.122. The lowest BCUT2D eigenvalue weighted by Gasteiger charge is -2.33. The Morgan fingerprint density at radius 1 is 1.33 bits per heavy atom. The molecule has 7 nitrogen and oxygen atoms in total. The molecule has 0 radical (unpaired) electrons. The maximum Gasteiger partial charge on any atom is 0.420 e. The van der Waals surface area contributed by atoms with Gasteiger partial charge in [-0.25, -0.2) is 14.7 Å². The Morgan fingerprint density at radius 3 is 2.92 bits per heavy atom. The van der Waals surface area contributed by atoms with E-state index in [4.69, 9.17) is 9.47 Å². The zero-order valence-corrected chi connectivity index (χ0v) is 13.5. The van der Waals surface area contributed by atoms with Crippen LogP contribution in [0.3, 0.4) is 0 Å². The van der Waals surface area contributed by atoms with Gasteiger partial charge >= 0.3 is 6.09 Å². The van der Waals surface area contributed by atoms with Crippen LogP contribution in [0.1, 0.15) is 24.1 Å². The molecule has 24 heavy (non-hydrogen) atoms. The van der Waals surface area contributed by atoms with E-state index < -0.39 is 11.5 Å². The van der Waals surface area contributed by atoms with Crippen molar-refractivity contribution in [2.75, 3.05) is 19.1 Å². The van der Waals surface area contributed by atoms with E-state index in [0.29, 0.717) is 17.9 Å². The summed E-state index contributed by atoms with van der Waals surface area (Å²) in [6.07, 6.45) is 4.21. The summed E-state index contributed by atoms with van der Waals surface area (Å²) in [6.45, 7) is 0.814. The quantitative estimate of drug-likeness (QED) is 0.802. The summed E-state index contributed by atoms with van der Waals surface area (Å²) < 4.78 is 12.1. The van der Waals surface area contributed by atoms with Gasteiger partial charge in [0.05, 0.1) is 31.9 Å². The van der Waals surface area contributed by atoms with Gasteiger partial charge in [0, 0.05) is 18.8 Å². The van der Waals surface area contributed by atoms with Crippen molar-refractivity contribution in [1.82, 2.24) is 9.55 Å². The highest BCUT2D eigenvalue weighted by atomic mass is 16.5. The van der Waals surface area contributed by atoms with Crippen LogP contribution >= 0.6 is 0 Å². The number of imide groups is 1. The molecule has 2 aliphatic heterocycles. The number of fused-ring (bicyclic) bond motifs is 4. The molecule has 1 aromatic carbocycles. The molecule has 0 fully saturated rings. The number of nitrogens with zero attached hydrogens (tertiary/aromatic N) is 3. The maximum absolute atomic E-state index is 13.3. The van der Waals surface area contributed by atoms with Crippen molar-refractivity contribution < 1.29 is 19.1 Å². The van der Waals surface area contributed by atoms with Gasteiger partial charge in [-0.1, -0.05) is 6.07 Å². The van der Waals surface area contributed by atoms with Crippen molar-refractivity contribution in [3.63, 3.8) is 0 Å². The number of hydrogen-bond acceptors (Lipinski definition) is 5. The molecule has 0 saturated carbocycles. The van der Waals surface area contributed by atoms with E-state index in [9.17, 15) is 9.59 Å². The number of rotatable bonds is 1. The number of aryl methyl sites for hydroxylation is 1. The second-order valence-electron chi connectivity index (χ2n) is 5.97. The first-order valence-corrected chi connectivity index (χ1v) is 7.75. The molecule has 0 aliphatic carbocycles. The zero-order chi connectivity index (χ0) is 16.9. The van der Waals surface area contributed by atoms with Gasteiger partial charge in [0.1, 0.15) is 11.2 Å². The van der Waals surface area contributed by atoms with E-state index in [1.54, 1.807) is 25.7 Å². The fourth-order valence-electron chi connectivity index (χ4n) is 3.86. The third-order valence-electron chi connectivity index (χ3n) is 4.93. The predicted octanol–water partition coefficient (Wildman–Crippen LogP) is 2.08. The maximum atomic E-state index is 13.3. The normalized spacial score (nSPS) is 21.6. The molecule has 124 valence electrons. The number of anilines is 1. The SMILES string of the molecule is COC(=O)N1C(=O)C2(CCCn3cncc32)c2ccc(OC)cc21. The number of imidazole rings is 1. The van der Waals surface area contributed by atoms with Gasteiger partial charge < -0.3 is 14.0 Å². The molecule has 0 saturated heterocycles. The third kappa shape index (κ3) is 1.69. The van der Waals surface area contributed by atoms with E-state index in [0.717, 1.165) is 29.1 Å². The highest BCUT2D eigenvalue weighted by Crippen LogP contribution is 2.51. The van der Waals surface area contributed by atoms with Crippen molar-refractivity contribution in [2.45, 2.75) is 24.8 Å². The van der Waals surface area contributed by atoms with Gasteiger partial charge in [-0.2, -0.15) is 0 Å². The van der Waals surface area contributed by atoms with Crippen LogP contribution in [-0.4, -0.2) is 35.8 Å². The standard InChI is InChI=1S/C17H17N3O4/c1-23-11-4-5-12-13(8-11)20(16(22)24-2)15(21)17(12)6-3-7-19-10-18-9-14(17)19/h4-5,8-10H,3,6-7H2,1-2H3. The van der Waals surface area contributed by atoms with Crippen LogP contribution in [0.5, 0.6) is 5.75 Å². The first-order valence-electron chi connectivity index (χ1n) is 7.75. The topological polar surface area (TPSA) is 73.7 Å². The number of aromatic nitrogens is 2. The Hall–Kier alpha value is -2.83. The van der Waals surface area contributed by atoms with Crippen LogP contribution in [-0.2, 0) is 21.5 Å². The average Bonchev–Trinajstić information content (AvgIpc) is 3.18. The molecular weight excluding hydrogens is 310 g/mol. The highest BCUT2D eigenvalue weighted by Gasteiger charge is 2.56. The molecular formula is C17H17N3O4. The highest BCUT2D eigenvalue weighted by molar-refractivity contribution is 6.22. The molecule has 1 unspecified atom stereocenters. The molecule has 1 spiro atoms. The third-order valence-corrected chi connectivity index (χ3v) is 4.93. The molecule has 1 atom stereocenters. The Labute approximate surface area is 138 Å². The van der Waals surface area contributed by atoms with Crippen LogP contribution in [0.2, 0.25) is 0 Å². The molecule has 0 bridgehead atoms. The number of carbonyl (C=O) groups is 2. The Kier molecular flexibility index (Phi) is 3.13. The number of methoxy groups -OCH3 is 2. The smallest absolute Gasteiger partial charge is 0.420 e. The van der Waals surface area contributed by atoms with Crippen LogP contribution in [0.25, 0.3) is 0 Å². The van der Waals surface area contributed by atoms with E-state index >= 15 is 0 Å². The Morgan fingerprint density at radius 2 is 2.17 bits per heavy atom. The van der Waals surface area contributed by atoms with Crippen LogP contribution in [0, 0.1) is 0 Å². The second kappa shape index (κ2) is 5.09. The van der Waals surface area contributed by atoms with Gasteiger partial charge in [0.2, 0.25) is 0 Å². The molecule has 4 rings (SSSR count). The van der Waals surface area contributed by atoms with Crippen LogP contribution < -0.4 is 9.64 Å². The second-order valence-corrected chi connectivity index (χ2v) is 5.97. The molecule has 3 heterocycles. The molecule has 2 amide bonds. The minimum Gasteiger partial charge on any atom is -0.497 e. The van der Waals surface area contributed by atoms with Crippen molar-refractivity contribution in [3.05, 3.63) is 42.0 Å². The number of benzene rings is 1. The summed E-state index contributed by atoms with van der Waals surface area (Å²) in [5.74, 6) is 0.288. The number of hydrogen-bond donors (Lipinski definition) is 0. The van der Waals surface area contributed by atoms with Crippen LogP contribution in [0.4, 0.5) is 10.5 Å². The molecule has 2 aromatic rings. The van der Waals surface area contributed by atoms with Crippen LogP contribution in [0.15, 0.2) is 30.7 Å². The fraction of sp³-hybridized carbons (Fsp3) is 0.353. The number of ether oxygens (including phenoxy) is 2. The summed E-state index contributed by atoms with van der Waals surface area (Å²) >= 11 is 0. The van der Waals surface area contributed by atoms with E-state index in [1.165, 1.54) is 7.11 Å². The van der Waals surface area contributed by atoms with E-state index in [-0.39, 0.29) is 5.91 Å². The minimum atomic E-state index is -0.898. The first-order chi connectivity index (χ1) is 11.6.